The Morgan fingerprint density at radius 3 is 2.53 bits per heavy atom. The van der Waals surface area contributed by atoms with E-state index in [9.17, 15) is 23.2 Å². The molecule has 7 nitrogen and oxygen atoms in total. The molecular formula is C25H21F2N3O4. The maximum atomic E-state index is 14.7. The quantitative estimate of drug-likeness (QED) is 0.527. The van der Waals surface area contributed by atoms with Gasteiger partial charge in [-0.05, 0) is 48.4 Å². The highest BCUT2D eigenvalue weighted by atomic mass is 19.1. The maximum Gasteiger partial charge on any atom is 0.339 e. The Labute approximate surface area is 194 Å². The molecule has 2 aromatic carbocycles. The number of carbonyl (C=O) groups is 3. The van der Waals surface area contributed by atoms with Gasteiger partial charge in [0.2, 0.25) is 5.91 Å². The van der Waals surface area contributed by atoms with Crippen LogP contribution in [-0.2, 0) is 16.1 Å². The van der Waals surface area contributed by atoms with E-state index in [1.165, 1.54) is 54.6 Å². The zero-order valence-electron chi connectivity index (χ0n) is 18.3. The lowest BCUT2D eigenvalue weighted by Gasteiger charge is -2.25. The third-order valence-corrected chi connectivity index (χ3v) is 5.62. The van der Waals surface area contributed by atoms with Crippen molar-refractivity contribution in [2.75, 3.05) is 12.4 Å². The van der Waals surface area contributed by atoms with Crippen LogP contribution in [0.5, 0.6) is 0 Å². The minimum atomic E-state index is -0.658. The van der Waals surface area contributed by atoms with Crippen molar-refractivity contribution in [1.82, 2.24) is 9.88 Å². The standard InChI is InChI=1S/C25H21F2N3O4/c1-34-25(33)16-7-11-21(28-13-16)29-22(31)12-10-20-23-18(3-2-4-19(23)27)24(32)30(20)14-15-5-8-17(26)9-6-15/h2-9,11,13,20H,10,12,14H2,1H3,(H,28,29,31). The fraction of sp³-hybridized carbons (Fsp3) is 0.200. The van der Waals surface area contributed by atoms with Crippen LogP contribution in [0.15, 0.2) is 60.8 Å². The molecule has 1 aliphatic rings. The Morgan fingerprint density at radius 1 is 1.09 bits per heavy atom. The number of hydrogen-bond donors (Lipinski definition) is 1. The van der Waals surface area contributed by atoms with Gasteiger partial charge < -0.3 is 15.0 Å². The number of aromatic nitrogens is 1. The lowest BCUT2D eigenvalue weighted by molar-refractivity contribution is -0.116. The summed E-state index contributed by atoms with van der Waals surface area (Å²) in [6, 6.07) is 12.3. The van der Waals surface area contributed by atoms with Gasteiger partial charge in [0.15, 0.2) is 0 Å². The monoisotopic (exact) mass is 465 g/mol. The fourth-order valence-electron chi connectivity index (χ4n) is 3.96. The van der Waals surface area contributed by atoms with Gasteiger partial charge >= 0.3 is 5.97 Å². The molecule has 2 amide bonds. The molecule has 3 aromatic rings. The number of benzene rings is 2. The van der Waals surface area contributed by atoms with Crippen LogP contribution in [0.2, 0.25) is 0 Å². The van der Waals surface area contributed by atoms with Gasteiger partial charge in [0.05, 0.1) is 18.7 Å². The minimum Gasteiger partial charge on any atom is -0.465 e. The molecule has 34 heavy (non-hydrogen) atoms. The summed E-state index contributed by atoms with van der Waals surface area (Å²) in [5.74, 6) is -1.93. The number of esters is 1. The van der Waals surface area contributed by atoms with E-state index in [4.69, 9.17) is 0 Å². The molecule has 0 bridgehead atoms. The minimum absolute atomic E-state index is 0.00787. The van der Waals surface area contributed by atoms with Crippen molar-refractivity contribution in [2.24, 2.45) is 0 Å². The Hall–Kier alpha value is -4.14. The van der Waals surface area contributed by atoms with Crippen LogP contribution < -0.4 is 5.32 Å². The Morgan fingerprint density at radius 2 is 1.85 bits per heavy atom. The highest BCUT2D eigenvalue weighted by molar-refractivity contribution is 5.99. The van der Waals surface area contributed by atoms with Crippen molar-refractivity contribution in [3.63, 3.8) is 0 Å². The zero-order chi connectivity index (χ0) is 24.2. The van der Waals surface area contributed by atoms with Crippen molar-refractivity contribution in [3.05, 3.63) is 94.7 Å². The van der Waals surface area contributed by atoms with Crippen molar-refractivity contribution in [3.8, 4) is 0 Å². The summed E-state index contributed by atoms with van der Waals surface area (Å²) in [4.78, 5) is 42.6. The highest BCUT2D eigenvalue weighted by Crippen LogP contribution is 2.39. The summed E-state index contributed by atoms with van der Waals surface area (Å²) < 4.78 is 32.6. The van der Waals surface area contributed by atoms with Crippen LogP contribution in [0.3, 0.4) is 0 Å². The van der Waals surface area contributed by atoms with Crippen molar-refractivity contribution < 1.29 is 27.9 Å². The van der Waals surface area contributed by atoms with Gasteiger partial charge in [-0.1, -0.05) is 18.2 Å². The number of nitrogens with one attached hydrogen (secondary N) is 1. The Balaban J connectivity index is 1.48. The summed E-state index contributed by atoms with van der Waals surface area (Å²) in [7, 11) is 1.26. The first-order valence-corrected chi connectivity index (χ1v) is 10.6. The van der Waals surface area contributed by atoms with E-state index in [2.05, 4.69) is 15.0 Å². The summed E-state index contributed by atoms with van der Waals surface area (Å²) in [6.45, 7) is 0.149. The van der Waals surface area contributed by atoms with Crippen LogP contribution in [-0.4, -0.2) is 34.8 Å². The molecule has 0 aliphatic carbocycles. The first kappa shape index (κ1) is 23.0. The van der Waals surface area contributed by atoms with Gasteiger partial charge in [0.25, 0.3) is 5.91 Å². The van der Waals surface area contributed by atoms with Gasteiger partial charge in [0, 0.05) is 30.3 Å². The summed E-state index contributed by atoms with van der Waals surface area (Å²) >= 11 is 0. The zero-order valence-corrected chi connectivity index (χ0v) is 18.3. The Bertz CT molecular complexity index is 1230. The van der Waals surface area contributed by atoms with Crippen LogP contribution in [0.25, 0.3) is 0 Å². The van der Waals surface area contributed by atoms with E-state index in [1.807, 2.05) is 0 Å². The molecule has 174 valence electrons. The van der Waals surface area contributed by atoms with Crippen molar-refractivity contribution in [2.45, 2.75) is 25.4 Å². The Kier molecular flexibility index (Phi) is 6.62. The first-order chi connectivity index (χ1) is 16.4. The number of pyridine rings is 1. The van der Waals surface area contributed by atoms with E-state index >= 15 is 0 Å². The maximum absolute atomic E-state index is 14.7. The van der Waals surface area contributed by atoms with Gasteiger partial charge in [-0.25, -0.2) is 18.6 Å². The largest absolute Gasteiger partial charge is 0.465 e. The molecule has 1 N–H and O–H groups in total. The number of hydrogen-bond acceptors (Lipinski definition) is 5. The lowest BCUT2D eigenvalue weighted by Crippen LogP contribution is -2.28. The number of carbonyl (C=O) groups excluding carboxylic acids is 3. The number of rotatable bonds is 7. The van der Waals surface area contributed by atoms with E-state index in [0.717, 1.165) is 0 Å². The molecule has 1 unspecified atom stereocenters. The summed E-state index contributed by atoms with van der Waals surface area (Å²) in [6.07, 6.45) is 1.45. The summed E-state index contributed by atoms with van der Waals surface area (Å²) in [5, 5.41) is 2.63. The number of methoxy groups -OCH3 is 1. The summed E-state index contributed by atoms with van der Waals surface area (Å²) in [5.41, 5.74) is 1.44. The number of fused-ring (bicyclic) bond motifs is 1. The van der Waals surface area contributed by atoms with Gasteiger partial charge in [-0.15, -0.1) is 0 Å². The number of ether oxygens (including phenoxy) is 1. The molecule has 0 fully saturated rings. The highest BCUT2D eigenvalue weighted by Gasteiger charge is 2.38. The molecular weight excluding hydrogens is 444 g/mol. The van der Waals surface area contributed by atoms with Gasteiger partial charge in [-0.3, -0.25) is 9.59 Å². The average Bonchev–Trinajstić information content (AvgIpc) is 3.11. The molecule has 1 aromatic heterocycles. The van der Waals surface area contributed by atoms with Crippen LogP contribution in [0.1, 0.15) is 50.7 Å². The second kappa shape index (κ2) is 9.78. The topological polar surface area (TPSA) is 88.6 Å². The molecule has 0 radical (unpaired) electrons. The van der Waals surface area contributed by atoms with E-state index in [1.54, 1.807) is 18.2 Å². The smallest absolute Gasteiger partial charge is 0.339 e. The molecule has 1 aliphatic heterocycles. The second-order valence-corrected chi connectivity index (χ2v) is 7.79. The predicted octanol–water partition coefficient (Wildman–Crippen LogP) is 4.26. The third kappa shape index (κ3) is 4.78. The molecule has 0 saturated carbocycles. The lowest BCUT2D eigenvalue weighted by atomic mass is 9.99. The molecule has 4 rings (SSSR count). The number of amides is 2. The number of nitrogens with zero attached hydrogens (tertiary/aromatic N) is 2. The van der Waals surface area contributed by atoms with Gasteiger partial charge in [-0.2, -0.15) is 0 Å². The molecule has 1 atom stereocenters. The van der Waals surface area contributed by atoms with Crippen molar-refractivity contribution in [1.29, 1.82) is 0 Å². The fourth-order valence-corrected chi connectivity index (χ4v) is 3.96. The second-order valence-electron chi connectivity index (χ2n) is 7.79. The normalized spacial score (nSPS) is 14.6. The number of halogens is 2. The molecule has 9 heteroatoms. The molecule has 2 heterocycles. The van der Waals surface area contributed by atoms with Crippen LogP contribution in [0, 0.1) is 11.6 Å². The van der Waals surface area contributed by atoms with Crippen LogP contribution >= 0.6 is 0 Å². The molecule has 0 spiro atoms. The average molecular weight is 465 g/mol. The van der Waals surface area contributed by atoms with Crippen molar-refractivity contribution >= 4 is 23.6 Å². The van der Waals surface area contributed by atoms with E-state index < -0.39 is 23.6 Å². The number of anilines is 1. The van der Waals surface area contributed by atoms with Gasteiger partial charge in [0.1, 0.15) is 17.5 Å². The third-order valence-electron chi connectivity index (χ3n) is 5.62. The van der Waals surface area contributed by atoms with Crippen LogP contribution in [0.4, 0.5) is 14.6 Å². The van der Waals surface area contributed by atoms with E-state index in [-0.39, 0.29) is 53.7 Å². The predicted molar refractivity (Wildman–Crippen MR) is 119 cm³/mol. The SMILES string of the molecule is COC(=O)c1ccc(NC(=O)CCC2c3c(F)cccc3C(=O)N2Cc2ccc(F)cc2)nc1. The first-order valence-electron chi connectivity index (χ1n) is 10.6. The van der Waals surface area contributed by atoms with E-state index in [0.29, 0.717) is 5.56 Å². The molecule has 0 saturated heterocycles.